The van der Waals surface area contributed by atoms with Gasteiger partial charge in [0, 0.05) is 18.7 Å². The predicted molar refractivity (Wildman–Crippen MR) is 89.4 cm³/mol. The number of hydrogen-bond acceptors (Lipinski definition) is 5. The molecule has 2 aromatic rings. The lowest BCUT2D eigenvalue weighted by Crippen LogP contribution is -2.26. The Morgan fingerprint density at radius 1 is 1.25 bits per heavy atom. The highest BCUT2D eigenvalue weighted by Gasteiger charge is 2.15. The number of aromatic nitrogens is 4. The number of tetrazole rings is 1. The van der Waals surface area contributed by atoms with Crippen molar-refractivity contribution in [3.05, 3.63) is 29.8 Å². The van der Waals surface area contributed by atoms with E-state index in [4.69, 9.17) is 4.74 Å². The summed E-state index contributed by atoms with van der Waals surface area (Å²) in [4.78, 5) is 12.4. The van der Waals surface area contributed by atoms with Gasteiger partial charge < -0.3 is 10.1 Å². The molecule has 1 aromatic carbocycles. The fraction of sp³-hybridized carbons (Fsp3) is 0.529. The van der Waals surface area contributed by atoms with Gasteiger partial charge in [-0.15, -0.1) is 10.2 Å². The summed E-state index contributed by atoms with van der Waals surface area (Å²) in [7, 11) is 0. The van der Waals surface area contributed by atoms with Crippen LogP contribution in [0.1, 0.15) is 48.9 Å². The molecule has 0 bridgehead atoms. The maximum Gasteiger partial charge on any atom is 0.252 e. The van der Waals surface area contributed by atoms with Crippen molar-refractivity contribution in [2.24, 2.45) is 0 Å². The number of ether oxygens (including phenoxy) is 1. The molecule has 1 amide bonds. The van der Waals surface area contributed by atoms with Crippen molar-refractivity contribution < 1.29 is 9.53 Å². The predicted octanol–water partition coefficient (Wildman–Crippen LogP) is 2.34. The molecule has 0 saturated heterocycles. The number of carbonyl (C=O) groups is 1. The second-order valence-corrected chi connectivity index (χ2v) is 6.02. The minimum absolute atomic E-state index is 0.131. The Hall–Kier alpha value is -2.28. The fourth-order valence-electron chi connectivity index (χ4n) is 3.00. The highest BCUT2D eigenvalue weighted by molar-refractivity contribution is 6.00. The molecule has 7 heteroatoms. The van der Waals surface area contributed by atoms with E-state index in [0.717, 1.165) is 6.42 Å². The van der Waals surface area contributed by atoms with Gasteiger partial charge in [-0.2, -0.15) is 5.21 Å². The minimum Gasteiger partial charge on any atom is -0.378 e. The maximum absolute atomic E-state index is 12.4. The number of nitrogens with one attached hydrogen (secondary N) is 2. The van der Waals surface area contributed by atoms with Gasteiger partial charge >= 0.3 is 0 Å². The highest BCUT2D eigenvalue weighted by atomic mass is 16.5. The van der Waals surface area contributed by atoms with Crippen LogP contribution < -0.4 is 5.32 Å². The van der Waals surface area contributed by atoms with E-state index in [0.29, 0.717) is 36.2 Å². The smallest absolute Gasteiger partial charge is 0.252 e. The Balaban J connectivity index is 1.45. The average molecular weight is 329 g/mol. The maximum atomic E-state index is 12.4. The molecule has 7 nitrogen and oxygen atoms in total. The van der Waals surface area contributed by atoms with Crippen molar-refractivity contribution in [2.75, 3.05) is 13.2 Å². The van der Waals surface area contributed by atoms with Gasteiger partial charge in [0.1, 0.15) is 0 Å². The van der Waals surface area contributed by atoms with E-state index in [1.807, 2.05) is 18.2 Å². The van der Waals surface area contributed by atoms with Crippen LogP contribution in [0.5, 0.6) is 0 Å². The molecule has 2 N–H and O–H groups in total. The number of hydrogen-bond donors (Lipinski definition) is 2. The normalized spacial score (nSPS) is 15.3. The molecule has 0 spiro atoms. The lowest BCUT2D eigenvalue weighted by atomic mass is 9.98. The summed E-state index contributed by atoms with van der Waals surface area (Å²) in [6, 6.07) is 7.25. The Bertz CT molecular complexity index is 638. The zero-order valence-corrected chi connectivity index (χ0v) is 13.7. The van der Waals surface area contributed by atoms with Gasteiger partial charge in [0.05, 0.1) is 11.7 Å². The van der Waals surface area contributed by atoms with Crippen LogP contribution in [0.2, 0.25) is 0 Å². The number of nitrogens with zero attached hydrogens (tertiary/aromatic N) is 3. The number of rotatable bonds is 7. The van der Waals surface area contributed by atoms with Crippen LogP contribution in [0, 0.1) is 0 Å². The first-order chi connectivity index (χ1) is 11.8. The van der Waals surface area contributed by atoms with Crippen molar-refractivity contribution in [2.45, 2.75) is 44.6 Å². The molecule has 1 aliphatic rings. The number of aromatic amines is 1. The van der Waals surface area contributed by atoms with Crippen molar-refractivity contribution in [3.63, 3.8) is 0 Å². The molecule has 1 saturated carbocycles. The summed E-state index contributed by atoms with van der Waals surface area (Å²) in [5, 5.41) is 16.8. The monoisotopic (exact) mass is 329 g/mol. The Morgan fingerprint density at radius 2 is 2.08 bits per heavy atom. The SMILES string of the molecule is O=C(NCCCOC1CCCCC1)c1ccccc1-c1nn[nH]n1. The molecule has 1 aliphatic carbocycles. The molecule has 128 valence electrons. The Labute approximate surface area is 141 Å². The van der Waals surface area contributed by atoms with Gasteiger partial charge in [-0.3, -0.25) is 4.79 Å². The third-order valence-corrected chi connectivity index (χ3v) is 4.27. The average Bonchev–Trinajstić information content (AvgIpc) is 3.17. The second-order valence-electron chi connectivity index (χ2n) is 6.02. The molecule has 0 unspecified atom stereocenters. The number of benzene rings is 1. The van der Waals surface area contributed by atoms with Crippen LogP contribution in [0.3, 0.4) is 0 Å². The second kappa shape index (κ2) is 8.54. The molecule has 0 radical (unpaired) electrons. The molecular weight excluding hydrogens is 306 g/mol. The quantitative estimate of drug-likeness (QED) is 0.761. The van der Waals surface area contributed by atoms with Crippen LogP contribution in [0.4, 0.5) is 0 Å². The zero-order chi connectivity index (χ0) is 16.6. The van der Waals surface area contributed by atoms with Crippen LogP contribution in [-0.4, -0.2) is 45.8 Å². The largest absolute Gasteiger partial charge is 0.378 e. The lowest BCUT2D eigenvalue weighted by Gasteiger charge is -2.21. The number of amides is 1. The van der Waals surface area contributed by atoms with E-state index in [9.17, 15) is 4.79 Å². The Morgan fingerprint density at radius 3 is 2.88 bits per heavy atom. The summed E-state index contributed by atoms with van der Waals surface area (Å²) in [6.45, 7) is 1.28. The van der Waals surface area contributed by atoms with Gasteiger partial charge in [-0.25, -0.2) is 0 Å². The van der Waals surface area contributed by atoms with Gasteiger partial charge in [0.2, 0.25) is 5.82 Å². The van der Waals surface area contributed by atoms with E-state index in [1.54, 1.807) is 6.07 Å². The van der Waals surface area contributed by atoms with Crippen LogP contribution >= 0.6 is 0 Å². The van der Waals surface area contributed by atoms with Gasteiger partial charge in [0.15, 0.2) is 0 Å². The molecule has 0 atom stereocenters. The standard InChI is InChI=1S/C17H23N5O2/c23-17(18-11-6-12-24-13-7-2-1-3-8-13)15-10-5-4-9-14(15)16-19-21-22-20-16/h4-5,9-10,13H,1-3,6-8,11-12H2,(H,18,23)(H,19,20,21,22). The van der Waals surface area contributed by atoms with E-state index >= 15 is 0 Å². The molecular formula is C17H23N5O2. The lowest BCUT2D eigenvalue weighted by molar-refractivity contribution is 0.0273. The van der Waals surface area contributed by atoms with E-state index < -0.39 is 0 Å². The van der Waals surface area contributed by atoms with E-state index in [-0.39, 0.29) is 5.91 Å². The number of carbonyl (C=O) groups excluding carboxylic acids is 1. The minimum atomic E-state index is -0.131. The first kappa shape index (κ1) is 16.6. The van der Waals surface area contributed by atoms with Gasteiger partial charge in [-0.1, -0.05) is 37.5 Å². The fourth-order valence-corrected chi connectivity index (χ4v) is 3.00. The summed E-state index contributed by atoms with van der Waals surface area (Å²) in [6.07, 6.45) is 7.44. The van der Waals surface area contributed by atoms with E-state index in [1.165, 1.54) is 32.1 Å². The summed E-state index contributed by atoms with van der Waals surface area (Å²) < 4.78 is 5.87. The Kier molecular flexibility index (Phi) is 5.90. The van der Waals surface area contributed by atoms with Crippen molar-refractivity contribution in [3.8, 4) is 11.4 Å². The van der Waals surface area contributed by atoms with E-state index in [2.05, 4.69) is 25.9 Å². The van der Waals surface area contributed by atoms with Crippen molar-refractivity contribution in [1.29, 1.82) is 0 Å². The molecule has 1 aromatic heterocycles. The van der Waals surface area contributed by atoms with Crippen LogP contribution in [0.25, 0.3) is 11.4 Å². The molecule has 0 aliphatic heterocycles. The van der Waals surface area contributed by atoms with Crippen molar-refractivity contribution in [1.82, 2.24) is 25.9 Å². The summed E-state index contributed by atoms with van der Waals surface area (Å²) >= 11 is 0. The summed E-state index contributed by atoms with van der Waals surface area (Å²) in [5.74, 6) is 0.287. The van der Waals surface area contributed by atoms with Crippen LogP contribution in [0.15, 0.2) is 24.3 Å². The number of H-pyrrole nitrogens is 1. The van der Waals surface area contributed by atoms with Gasteiger partial charge in [-0.05, 0) is 30.5 Å². The molecule has 24 heavy (non-hydrogen) atoms. The van der Waals surface area contributed by atoms with Crippen LogP contribution in [-0.2, 0) is 4.74 Å². The van der Waals surface area contributed by atoms with Gasteiger partial charge in [0.25, 0.3) is 5.91 Å². The highest BCUT2D eigenvalue weighted by Crippen LogP contribution is 2.20. The first-order valence-corrected chi connectivity index (χ1v) is 8.57. The third kappa shape index (κ3) is 4.38. The molecule has 1 fully saturated rings. The molecule has 1 heterocycles. The first-order valence-electron chi connectivity index (χ1n) is 8.57. The van der Waals surface area contributed by atoms with Crippen molar-refractivity contribution >= 4 is 5.91 Å². The third-order valence-electron chi connectivity index (χ3n) is 4.27. The molecule has 3 rings (SSSR count). The zero-order valence-electron chi connectivity index (χ0n) is 13.7. The summed E-state index contributed by atoms with van der Waals surface area (Å²) in [5.41, 5.74) is 1.22. The topological polar surface area (TPSA) is 92.8 Å².